The maximum atomic E-state index is 9.84. The summed E-state index contributed by atoms with van der Waals surface area (Å²) in [6.45, 7) is 5.78. The molecule has 78 valence electrons. The summed E-state index contributed by atoms with van der Waals surface area (Å²) < 4.78 is 5.41. The van der Waals surface area contributed by atoms with Crippen molar-refractivity contribution in [3.63, 3.8) is 0 Å². The molecule has 0 spiro atoms. The van der Waals surface area contributed by atoms with Crippen molar-refractivity contribution >= 4 is 5.69 Å². The van der Waals surface area contributed by atoms with Gasteiger partial charge < -0.3 is 14.4 Å². The van der Waals surface area contributed by atoms with Crippen LogP contribution in [0.1, 0.15) is 30.8 Å². The minimum absolute atomic E-state index is 0.324. The molecule has 1 aromatic heterocycles. The fourth-order valence-electron chi connectivity index (χ4n) is 2.15. The second-order valence-electron chi connectivity index (χ2n) is 3.96. The molecule has 2 rings (SSSR count). The number of nitrogens with zero attached hydrogens (tertiary/aromatic N) is 1. The molecule has 3 nitrogen and oxygen atoms in total. The first-order valence-corrected chi connectivity index (χ1v) is 5.24. The lowest BCUT2D eigenvalue weighted by atomic mass is 10.1. The largest absolute Gasteiger partial charge is 0.503 e. The van der Waals surface area contributed by atoms with Crippen LogP contribution >= 0.6 is 0 Å². The van der Waals surface area contributed by atoms with Gasteiger partial charge in [-0.25, -0.2) is 0 Å². The Hall–Kier alpha value is -1.12. The number of furan rings is 1. The Morgan fingerprint density at radius 1 is 1.07 bits per heavy atom. The van der Waals surface area contributed by atoms with E-state index in [1.807, 2.05) is 6.92 Å². The number of hydrogen-bond acceptors (Lipinski definition) is 3. The van der Waals surface area contributed by atoms with E-state index in [1.54, 1.807) is 6.92 Å². The molecule has 1 fully saturated rings. The Balaban J connectivity index is 2.29. The highest BCUT2D eigenvalue weighted by atomic mass is 16.4. The highest BCUT2D eigenvalue weighted by molar-refractivity contribution is 5.62. The van der Waals surface area contributed by atoms with E-state index in [4.69, 9.17) is 4.42 Å². The maximum Gasteiger partial charge on any atom is 0.181 e. The van der Waals surface area contributed by atoms with Crippen molar-refractivity contribution in [2.45, 2.75) is 33.1 Å². The Bertz CT molecular complexity index is 324. The van der Waals surface area contributed by atoms with Gasteiger partial charge in [0.1, 0.15) is 17.2 Å². The summed E-state index contributed by atoms with van der Waals surface area (Å²) in [6.07, 6.45) is 3.72. The average Bonchev–Trinajstić information content (AvgIpc) is 2.43. The van der Waals surface area contributed by atoms with Gasteiger partial charge in [-0.3, -0.25) is 0 Å². The molecule has 0 aliphatic carbocycles. The van der Waals surface area contributed by atoms with Gasteiger partial charge in [-0.2, -0.15) is 0 Å². The van der Waals surface area contributed by atoms with Crippen molar-refractivity contribution in [3.05, 3.63) is 11.5 Å². The molecule has 14 heavy (non-hydrogen) atoms. The molecule has 1 aliphatic heterocycles. The van der Waals surface area contributed by atoms with Gasteiger partial charge in [0.15, 0.2) is 5.75 Å². The van der Waals surface area contributed by atoms with Crippen molar-refractivity contribution in [3.8, 4) is 5.75 Å². The third kappa shape index (κ3) is 1.47. The van der Waals surface area contributed by atoms with Gasteiger partial charge in [-0.05, 0) is 33.1 Å². The Kier molecular flexibility index (Phi) is 2.40. The molecule has 3 heteroatoms. The smallest absolute Gasteiger partial charge is 0.181 e. The predicted octanol–water partition coefficient (Wildman–Crippen LogP) is 2.59. The van der Waals surface area contributed by atoms with Gasteiger partial charge in [0.05, 0.1) is 0 Å². The number of anilines is 1. The first-order chi connectivity index (χ1) is 6.70. The SMILES string of the molecule is Cc1oc(C)c(N2CCCCC2)c1O. The van der Waals surface area contributed by atoms with E-state index in [9.17, 15) is 5.11 Å². The van der Waals surface area contributed by atoms with Crippen molar-refractivity contribution in [2.75, 3.05) is 18.0 Å². The summed E-state index contributed by atoms with van der Waals surface area (Å²) in [7, 11) is 0. The second-order valence-corrected chi connectivity index (χ2v) is 3.96. The lowest BCUT2D eigenvalue weighted by Crippen LogP contribution is -2.29. The molecule has 0 saturated carbocycles. The molecule has 2 heterocycles. The number of aryl methyl sites for hydroxylation is 2. The van der Waals surface area contributed by atoms with E-state index < -0.39 is 0 Å². The van der Waals surface area contributed by atoms with E-state index in [2.05, 4.69) is 4.90 Å². The van der Waals surface area contributed by atoms with E-state index in [-0.39, 0.29) is 0 Å². The highest BCUT2D eigenvalue weighted by Gasteiger charge is 2.21. The fraction of sp³-hybridized carbons (Fsp3) is 0.636. The van der Waals surface area contributed by atoms with Crippen LogP contribution in [0.3, 0.4) is 0 Å². The zero-order valence-electron chi connectivity index (χ0n) is 8.84. The fourth-order valence-corrected chi connectivity index (χ4v) is 2.15. The molecule has 0 unspecified atom stereocenters. The molecule has 1 aliphatic rings. The van der Waals surface area contributed by atoms with E-state index in [0.29, 0.717) is 11.5 Å². The van der Waals surface area contributed by atoms with Crippen molar-refractivity contribution < 1.29 is 9.52 Å². The number of piperidine rings is 1. The molecule has 0 aromatic carbocycles. The number of rotatable bonds is 1. The lowest BCUT2D eigenvalue weighted by molar-refractivity contribution is 0.437. The van der Waals surface area contributed by atoms with Crippen molar-refractivity contribution in [1.29, 1.82) is 0 Å². The first-order valence-electron chi connectivity index (χ1n) is 5.24. The molecule has 0 radical (unpaired) electrons. The van der Waals surface area contributed by atoms with Crippen LogP contribution in [-0.2, 0) is 0 Å². The summed E-state index contributed by atoms with van der Waals surface area (Å²) in [4.78, 5) is 2.23. The molecule has 0 atom stereocenters. The quantitative estimate of drug-likeness (QED) is 0.748. The molecule has 0 amide bonds. The summed E-state index contributed by atoms with van der Waals surface area (Å²) in [6, 6.07) is 0. The number of hydrogen-bond donors (Lipinski definition) is 1. The number of aromatic hydroxyl groups is 1. The first kappa shape index (κ1) is 9.44. The van der Waals surface area contributed by atoms with Crippen LogP contribution in [0, 0.1) is 13.8 Å². The Labute approximate surface area is 84.3 Å². The Morgan fingerprint density at radius 2 is 1.71 bits per heavy atom. The molecule has 1 aromatic rings. The van der Waals surface area contributed by atoms with Crippen LogP contribution < -0.4 is 4.90 Å². The van der Waals surface area contributed by atoms with Crippen LogP contribution in [0.2, 0.25) is 0 Å². The van der Waals surface area contributed by atoms with Gasteiger partial charge in [0.2, 0.25) is 0 Å². The topological polar surface area (TPSA) is 36.6 Å². The zero-order chi connectivity index (χ0) is 10.1. The summed E-state index contributed by atoms with van der Waals surface area (Å²) in [5.41, 5.74) is 0.905. The summed E-state index contributed by atoms with van der Waals surface area (Å²) in [5, 5.41) is 9.84. The Morgan fingerprint density at radius 3 is 2.21 bits per heavy atom. The van der Waals surface area contributed by atoms with E-state index in [0.717, 1.165) is 24.5 Å². The molecule has 1 saturated heterocycles. The average molecular weight is 195 g/mol. The molecule has 1 N–H and O–H groups in total. The lowest BCUT2D eigenvalue weighted by Gasteiger charge is -2.28. The molecular weight excluding hydrogens is 178 g/mol. The summed E-state index contributed by atoms with van der Waals surface area (Å²) >= 11 is 0. The van der Waals surface area contributed by atoms with Crippen molar-refractivity contribution in [2.24, 2.45) is 0 Å². The van der Waals surface area contributed by atoms with Gasteiger partial charge >= 0.3 is 0 Å². The third-order valence-corrected chi connectivity index (χ3v) is 2.87. The van der Waals surface area contributed by atoms with Gasteiger partial charge in [-0.15, -0.1) is 0 Å². The van der Waals surface area contributed by atoms with Gasteiger partial charge in [0.25, 0.3) is 0 Å². The molecule has 0 bridgehead atoms. The maximum absolute atomic E-state index is 9.84. The second kappa shape index (κ2) is 3.56. The van der Waals surface area contributed by atoms with Gasteiger partial charge in [0, 0.05) is 13.1 Å². The summed E-state index contributed by atoms with van der Waals surface area (Å²) in [5.74, 6) is 1.79. The standard InChI is InChI=1S/C11H17NO2/c1-8-10(11(13)9(2)14-8)12-6-4-3-5-7-12/h13H,3-7H2,1-2H3. The van der Waals surface area contributed by atoms with Crippen LogP contribution in [-0.4, -0.2) is 18.2 Å². The zero-order valence-corrected chi connectivity index (χ0v) is 8.84. The van der Waals surface area contributed by atoms with E-state index >= 15 is 0 Å². The highest BCUT2D eigenvalue weighted by Crippen LogP contribution is 2.37. The predicted molar refractivity (Wildman–Crippen MR) is 55.9 cm³/mol. The normalized spacial score (nSPS) is 17.4. The minimum Gasteiger partial charge on any atom is -0.503 e. The van der Waals surface area contributed by atoms with Crippen molar-refractivity contribution in [1.82, 2.24) is 0 Å². The third-order valence-electron chi connectivity index (χ3n) is 2.87. The van der Waals surface area contributed by atoms with Crippen LogP contribution in [0.5, 0.6) is 5.75 Å². The minimum atomic E-state index is 0.324. The monoisotopic (exact) mass is 195 g/mol. The van der Waals surface area contributed by atoms with Gasteiger partial charge in [-0.1, -0.05) is 0 Å². The van der Waals surface area contributed by atoms with Crippen LogP contribution in [0.4, 0.5) is 5.69 Å². The van der Waals surface area contributed by atoms with Crippen LogP contribution in [0.25, 0.3) is 0 Å². The van der Waals surface area contributed by atoms with Crippen LogP contribution in [0.15, 0.2) is 4.42 Å². The molecular formula is C11H17NO2. The van der Waals surface area contributed by atoms with E-state index in [1.165, 1.54) is 19.3 Å².